The number of aromatic nitrogens is 2. The van der Waals surface area contributed by atoms with Crippen LogP contribution in [0.15, 0.2) is 67.2 Å². The van der Waals surface area contributed by atoms with Gasteiger partial charge < -0.3 is 10.6 Å². The maximum atomic E-state index is 4.22. The predicted molar refractivity (Wildman–Crippen MR) is 114 cm³/mol. The van der Waals surface area contributed by atoms with E-state index in [-0.39, 0.29) is 0 Å². The maximum Gasteiger partial charge on any atom is 0.0567 e. The molecule has 4 nitrogen and oxygen atoms in total. The second-order valence-electron chi connectivity index (χ2n) is 7.16. The summed E-state index contributed by atoms with van der Waals surface area (Å²) in [5.74, 6) is 0. The van der Waals surface area contributed by atoms with Gasteiger partial charge in [0.2, 0.25) is 0 Å². The molecular formula is C23H28N4. The van der Waals surface area contributed by atoms with E-state index in [1.54, 1.807) is 4.68 Å². The monoisotopic (exact) mass is 360 g/mol. The minimum absolute atomic E-state index is 0.920. The fraction of sp³-hybridized carbons (Fsp3) is 0.261. The van der Waals surface area contributed by atoms with Crippen LogP contribution >= 0.6 is 0 Å². The first-order valence-corrected chi connectivity index (χ1v) is 9.26. The van der Waals surface area contributed by atoms with Crippen LogP contribution < -0.4 is 10.6 Å². The van der Waals surface area contributed by atoms with Gasteiger partial charge in [0.1, 0.15) is 0 Å². The number of benzene rings is 1. The van der Waals surface area contributed by atoms with Crippen LogP contribution in [0.2, 0.25) is 0 Å². The first-order valence-electron chi connectivity index (χ1n) is 9.26. The van der Waals surface area contributed by atoms with Gasteiger partial charge in [-0.15, -0.1) is 0 Å². The van der Waals surface area contributed by atoms with E-state index in [1.165, 1.54) is 11.1 Å². The van der Waals surface area contributed by atoms with Crippen LogP contribution in [0.1, 0.15) is 36.1 Å². The number of hydrogen-bond donors (Lipinski definition) is 2. The Morgan fingerprint density at radius 1 is 1.19 bits per heavy atom. The molecule has 2 heterocycles. The molecule has 0 amide bonds. The van der Waals surface area contributed by atoms with Crippen LogP contribution in [-0.2, 0) is 20.0 Å². The molecule has 0 aliphatic carbocycles. The second-order valence-corrected chi connectivity index (χ2v) is 7.16. The molecule has 0 unspecified atom stereocenters. The summed E-state index contributed by atoms with van der Waals surface area (Å²) in [6.07, 6.45) is 9.04. The first kappa shape index (κ1) is 18.9. The Kier molecular flexibility index (Phi) is 5.77. The normalized spacial score (nSPS) is 14.6. The average Bonchev–Trinajstić information content (AvgIpc) is 3.07. The quantitative estimate of drug-likeness (QED) is 0.759. The van der Waals surface area contributed by atoms with Gasteiger partial charge in [0.25, 0.3) is 0 Å². The Morgan fingerprint density at radius 3 is 2.74 bits per heavy atom. The van der Waals surface area contributed by atoms with Gasteiger partial charge in [0.15, 0.2) is 0 Å². The van der Waals surface area contributed by atoms with Crippen molar-refractivity contribution in [1.29, 1.82) is 0 Å². The van der Waals surface area contributed by atoms with Gasteiger partial charge in [0.05, 0.1) is 6.20 Å². The summed E-state index contributed by atoms with van der Waals surface area (Å²) in [5, 5.41) is 11.0. The van der Waals surface area contributed by atoms with Crippen molar-refractivity contribution >= 4 is 11.3 Å². The third-order valence-corrected chi connectivity index (χ3v) is 4.71. The predicted octanol–water partition coefficient (Wildman–Crippen LogP) is 4.19. The molecule has 1 aromatic carbocycles. The molecule has 2 aromatic rings. The molecule has 0 saturated carbocycles. The van der Waals surface area contributed by atoms with E-state index in [4.69, 9.17) is 0 Å². The van der Waals surface area contributed by atoms with E-state index in [0.717, 1.165) is 53.2 Å². The third kappa shape index (κ3) is 4.86. The number of nitrogens with one attached hydrogen (secondary N) is 2. The van der Waals surface area contributed by atoms with Gasteiger partial charge in [-0.3, -0.25) is 4.68 Å². The molecule has 1 aromatic heterocycles. The average molecular weight is 361 g/mol. The highest BCUT2D eigenvalue weighted by molar-refractivity contribution is 5.72. The summed E-state index contributed by atoms with van der Waals surface area (Å²) in [5.41, 5.74) is 9.02. The van der Waals surface area contributed by atoms with Crippen molar-refractivity contribution in [3.63, 3.8) is 0 Å². The molecule has 140 valence electrons. The van der Waals surface area contributed by atoms with E-state index in [0.29, 0.717) is 0 Å². The van der Waals surface area contributed by atoms with E-state index in [1.807, 2.05) is 19.4 Å². The largest absolute Gasteiger partial charge is 0.359 e. The molecule has 0 radical (unpaired) electrons. The van der Waals surface area contributed by atoms with Crippen molar-refractivity contribution in [2.24, 2.45) is 7.05 Å². The lowest BCUT2D eigenvalue weighted by atomic mass is 9.97. The molecule has 3 rings (SSSR count). The second kappa shape index (κ2) is 8.23. The number of hydrogen-bond acceptors (Lipinski definition) is 3. The number of allylic oxidation sites excluding steroid dienone is 5. The van der Waals surface area contributed by atoms with Crippen molar-refractivity contribution < 1.29 is 0 Å². The molecule has 1 aliphatic rings. The van der Waals surface area contributed by atoms with Crippen molar-refractivity contribution in [2.45, 2.75) is 26.8 Å². The van der Waals surface area contributed by atoms with Gasteiger partial charge in [-0.25, -0.2) is 0 Å². The summed E-state index contributed by atoms with van der Waals surface area (Å²) < 4.78 is 1.78. The molecule has 4 heteroatoms. The van der Waals surface area contributed by atoms with Crippen LogP contribution in [0.3, 0.4) is 0 Å². The lowest BCUT2D eigenvalue weighted by molar-refractivity contribution is 0.643. The summed E-state index contributed by atoms with van der Waals surface area (Å²) in [4.78, 5) is 0. The SMILES string of the molecule is C=C(/C=C(C)/C=C(\C)NC(=C)c1ccc2c(c1)CCNC2)c1cnn(C)c1. The van der Waals surface area contributed by atoms with Crippen molar-refractivity contribution in [2.75, 3.05) is 6.54 Å². The summed E-state index contributed by atoms with van der Waals surface area (Å²) >= 11 is 0. The highest BCUT2D eigenvalue weighted by Gasteiger charge is 2.10. The molecule has 1 aliphatic heterocycles. The van der Waals surface area contributed by atoms with Gasteiger partial charge in [-0.05, 0) is 66.8 Å². The molecule has 0 bridgehead atoms. The van der Waals surface area contributed by atoms with Gasteiger partial charge in [0, 0.05) is 36.7 Å². The zero-order chi connectivity index (χ0) is 19.4. The standard InChI is InChI=1S/C23H28N4/c1-16(10-17(2)23-14-25-27(5)15-23)11-18(3)26-19(4)20-6-7-22-13-24-9-8-21(22)12-20/h6-7,10-12,14-15,24,26H,2,4,8-9,13H2,1,3,5H3/b16-10+,18-11+. The Balaban J connectivity index is 1.66. The van der Waals surface area contributed by atoms with Gasteiger partial charge in [-0.2, -0.15) is 5.10 Å². The van der Waals surface area contributed by atoms with Crippen LogP contribution in [-0.4, -0.2) is 16.3 Å². The highest BCUT2D eigenvalue weighted by Crippen LogP contribution is 2.20. The van der Waals surface area contributed by atoms with Gasteiger partial charge >= 0.3 is 0 Å². The molecule has 0 atom stereocenters. The topological polar surface area (TPSA) is 41.9 Å². The van der Waals surface area contributed by atoms with Crippen molar-refractivity contribution in [1.82, 2.24) is 20.4 Å². The van der Waals surface area contributed by atoms with Crippen LogP contribution in [0.5, 0.6) is 0 Å². The fourth-order valence-electron chi connectivity index (χ4n) is 3.34. The first-order chi connectivity index (χ1) is 12.9. The van der Waals surface area contributed by atoms with Crippen molar-refractivity contribution in [3.05, 3.63) is 89.4 Å². The van der Waals surface area contributed by atoms with E-state index < -0.39 is 0 Å². The number of rotatable bonds is 6. The van der Waals surface area contributed by atoms with Gasteiger partial charge in [-0.1, -0.05) is 31.4 Å². The highest BCUT2D eigenvalue weighted by atomic mass is 15.2. The Bertz CT molecular complexity index is 928. The number of aryl methyl sites for hydroxylation is 1. The summed E-state index contributed by atoms with van der Waals surface area (Å²) in [6.45, 7) is 14.5. The molecule has 0 spiro atoms. The minimum Gasteiger partial charge on any atom is -0.359 e. The Morgan fingerprint density at radius 2 is 2.00 bits per heavy atom. The van der Waals surface area contributed by atoms with Crippen LogP contribution in [0.25, 0.3) is 11.3 Å². The lowest BCUT2D eigenvalue weighted by Crippen LogP contribution is -2.23. The number of nitrogens with zero attached hydrogens (tertiary/aromatic N) is 2. The lowest BCUT2D eigenvalue weighted by Gasteiger charge is -2.19. The van der Waals surface area contributed by atoms with Crippen molar-refractivity contribution in [3.8, 4) is 0 Å². The third-order valence-electron chi connectivity index (χ3n) is 4.71. The van der Waals surface area contributed by atoms with Crippen LogP contribution in [0.4, 0.5) is 0 Å². The molecular weight excluding hydrogens is 332 g/mol. The van der Waals surface area contributed by atoms with E-state index >= 15 is 0 Å². The fourth-order valence-corrected chi connectivity index (χ4v) is 3.34. The zero-order valence-corrected chi connectivity index (χ0v) is 16.5. The molecule has 2 N–H and O–H groups in total. The Hall–Kier alpha value is -2.85. The number of fused-ring (bicyclic) bond motifs is 1. The molecule has 0 saturated heterocycles. The van der Waals surface area contributed by atoms with E-state index in [9.17, 15) is 0 Å². The summed E-state index contributed by atoms with van der Waals surface area (Å²) in [7, 11) is 1.91. The molecule has 0 fully saturated rings. The summed E-state index contributed by atoms with van der Waals surface area (Å²) in [6, 6.07) is 6.60. The minimum atomic E-state index is 0.920. The smallest absolute Gasteiger partial charge is 0.0567 e. The zero-order valence-electron chi connectivity index (χ0n) is 16.5. The van der Waals surface area contributed by atoms with E-state index in [2.05, 4.69) is 73.1 Å². The molecule has 27 heavy (non-hydrogen) atoms. The maximum absolute atomic E-state index is 4.22. The Labute approximate surface area is 162 Å². The van der Waals surface area contributed by atoms with Crippen LogP contribution in [0, 0.1) is 0 Å².